The van der Waals surface area contributed by atoms with Gasteiger partial charge >= 0.3 is 5.69 Å². The van der Waals surface area contributed by atoms with Gasteiger partial charge in [-0.2, -0.15) is 4.98 Å². The lowest BCUT2D eigenvalue weighted by Gasteiger charge is -2.05. The summed E-state index contributed by atoms with van der Waals surface area (Å²) in [5, 5.41) is 0. The molecule has 4 aromatic rings. The maximum atomic E-state index is 13.0. The van der Waals surface area contributed by atoms with Crippen molar-refractivity contribution in [2.75, 3.05) is 0 Å². The van der Waals surface area contributed by atoms with E-state index >= 15 is 0 Å². The van der Waals surface area contributed by atoms with E-state index in [9.17, 15) is 9.59 Å². The molecule has 0 fully saturated rings. The van der Waals surface area contributed by atoms with E-state index in [-0.39, 0.29) is 17.8 Å². The SMILES string of the molecule is Cc1cn2c3c(=O)n(C/C=C/c4ccccc4)c(=O)n(C)c3nc2n1C. The monoisotopic (exact) mass is 349 g/mol. The second-order valence-electron chi connectivity index (χ2n) is 6.35. The molecule has 1 aromatic carbocycles. The minimum atomic E-state index is -0.375. The first-order valence-electron chi connectivity index (χ1n) is 8.34. The third kappa shape index (κ3) is 2.32. The molecule has 3 heterocycles. The summed E-state index contributed by atoms with van der Waals surface area (Å²) in [6.45, 7) is 2.15. The van der Waals surface area contributed by atoms with Gasteiger partial charge in [-0.05, 0) is 12.5 Å². The molecule has 0 N–H and O–H groups in total. The molecule has 0 aliphatic rings. The van der Waals surface area contributed by atoms with Crippen LogP contribution in [0.15, 0.2) is 52.2 Å². The van der Waals surface area contributed by atoms with Gasteiger partial charge in [-0.3, -0.25) is 18.3 Å². The standard InChI is InChI=1S/C19H19N5O2/c1-13-12-24-15-16(20-18(24)21(13)2)22(3)19(26)23(17(15)25)11-7-10-14-8-5-4-6-9-14/h4-10,12H,11H2,1-3H3/b10-7+. The zero-order valence-corrected chi connectivity index (χ0v) is 14.9. The normalized spacial score (nSPS) is 12.0. The van der Waals surface area contributed by atoms with Crippen LogP contribution in [0.2, 0.25) is 0 Å². The van der Waals surface area contributed by atoms with Crippen molar-refractivity contribution >= 4 is 23.0 Å². The third-order valence-corrected chi connectivity index (χ3v) is 4.70. The summed E-state index contributed by atoms with van der Waals surface area (Å²) in [7, 11) is 3.52. The zero-order valence-electron chi connectivity index (χ0n) is 14.9. The van der Waals surface area contributed by atoms with Crippen LogP contribution in [0.3, 0.4) is 0 Å². The van der Waals surface area contributed by atoms with Gasteiger partial charge in [-0.25, -0.2) is 4.79 Å². The van der Waals surface area contributed by atoms with Gasteiger partial charge in [0.05, 0.1) is 0 Å². The number of aryl methyl sites for hydroxylation is 3. The molecule has 26 heavy (non-hydrogen) atoms. The molecule has 0 spiro atoms. The van der Waals surface area contributed by atoms with Crippen LogP contribution >= 0.6 is 0 Å². The Morgan fingerprint density at radius 1 is 1.08 bits per heavy atom. The second-order valence-corrected chi connectivity index (χ2v) is 6.35. The molecule has 0 saturated carbocycles. The topological polar surface area (TPSA) is 66.2 Å². The highest BCUT2D eigenvalue weighted by Crippen LogP contribution is 2.14. The summed E-state index contributed by atoms with van der Waals surface area (Å²) in [4.78, 5) is 30.1. The van der Waals surface area contributed by atoms with Crippen molar-refractivity contribution in [2.24, 2.45) is 14.1 Å². The number of imidazole rings is 2. The molecule has 0 aliphatic heterocycles. The van der Waals surface area contributed by atoms with Crippen molar-refractivity contribution in [1.29, 1.82) is 0 Å². The molecular formula is C19H19N5O2. The van der Waals surface area contributed by atoms with Gasteiger partial charge in [0.25, 0.3) is 5.56 Å². The smallest absolute Gasteiger partial charge is 0.317 e. The Labute approximate surface area is 149 Å². The van der Waals surface area contributed by atoms with Crippen LogP contribution in [-0.4, -0.2) is 23.1 Å². The first-order valence-corrected chi connectivity index (χ1v) is 8.34. The van der Waals surface area contributed by atoms with Gasteiger partial charge < -0.3 is 4.57 Å². The van der Waals surface area contributed by atoms with Gasteiger partial charge in [0.2, 0.25) is 5.78 Å². The van der Waals surface area contributed by atoms with E-state index in [1.54, 1.807) is 11.4 Å². The van der Waals surface area contributed by atoms with Crippen LogP contribution in [0.1, 0.15) is 11.3 Å². The van der Waals surface area contributed by atoms with E-state index in [1.165, 1.54) is 9.13 Å². The predicted molar refractivity (Wildman–Crippen MR) is 101 cm³/mol. The van der Waals surface area contributed by atoms with E-state index < -0.39 is 0 Å². The van der Waals surface area contributed by atoms with Gasteiger partial charge in [-0.15, -0.1) is 0 Å². The molecule has 0 aliphatic carbocycles. The van der Waals surface area contributed by atoms with E-state index in [1.807, 2.05) is 67.2 Å². The van der Waals surface area contributed by atoms with Gasteiger partial charge in [-0.1, -0.05) is 42.5 Å². The number of rotatable bonds is 3. The molecule has 0 amide bonds. The lowest BCUT2D eigenvalue weighted by atomic mass is 10.2. The van der Waals surface area contributed by atoms with Crippen LogP contribution in [0.4, 0.5) is 0 Å². The molecule has 0 saturated heterocycles. The first kappa shape index (κ1) is 16.1. The number of benzene rings is 1. The fourth-order valence-corrected chi connectivity index (χ4v) is 3.14. The summed E-state index contributed by atoms with van der Waals surface area (Å²) in [6.07, 6.45) is 5.58. The Kier molecular flexibility index (Phi) is 3.64. The highest BCUT2D eigenvalue weighted by molar-refractivity contribution is 5.75. The molecule has 0 unspecified atom stereocenters. The summed E-state index contributed by atoms with van der Waals surface area (Å²) < 4.78 is 6.31. The Balaban J connectivity index is 1.88. The Morgan fingerprint density at radius 3 is 2.54 bits per heavy atom. The van der Waals surface area contributed by atoms with Crippen molar-refractivity contribution < 1.29 is 0 Å². The minimum Gasteiger partial charge on any atom is -0.317 e. The average Bonchev–Trinajstić information content (AvgIpc) is 3.14. The van der Waals surface area contributed by atoms with Crippen LogP contribution in [0.5, 0.6) is 0 Å². The van der Waals surface area contributed by atoms with Crippen molar-refractivity contribution in [3.05, 3.63) is 74.7 Å². The number of hydrogen-bond donors (Lipinski definition) is 0. The molecular weight excluding hydrogens is 330 g/mol. The van der Waals surface area contributed by atoms with E-state index in [0.29, 0.717) is 16.9 Å². The highest BCUT2D eigenvalue weighted by atomic mass is 16.2. The van der Waals surface area contributed by atoms with Crippen molar-refractivity contribution in [2.45, 2.75) is 13.5 Å². The number of hydrogen-bond acceptors (Lipinski definition) is 3. The average molecular weight is 349 g/mol. The maximum absolute atomic E-state index is 13.0. The maximum Gasteiger partial charge on any atom is 0.332 e. The second kappa shape index (κ2) is 5.87. The lowest BCUT2D eigenvalue weighted by molar-refractivity contribution is 0.667. The molecule has 132 valence electrons. The van der Waals surface area contributed by atoms with Crippen LogP contribution < -0.4 is 11.2 Å². The quantitative estimate of drug-likeness (QED) is 0.565. The highest BCUT2D eigenvalue weighted by Gasteiger charge is 2.18. The van der Waals surface area contributed by atoms with Crippen molar-refractivity contribution in [1.82, 2.24) is 23.1 Å². The van der Waals surface area contributed by atoms with Crippen LogP contribution in [0.25, 0.3) is 23.0 Å². The molecule has 3 aromatic heterocycles. The molecule has 0 bridgehead atoms. The fourth-order valence-electron chi connectivity index (χ4n) is 3.14. The molecule has 0 radical (unpaired) electrons. The predicted octanol–water partition coefficient (Wildman–Crippen LogP) is 1.71. The third-order valence-electron chi connectivity index (χ3n) is 4.70. The largest absolute Gasteiger partial charge is 0.332 e. The fraction of sp³-hybridized carbons (Fsp3) is 0.211. The lowest BCUT2D eigenvalue weighted by Crippen LogP contribution is -2.39. The molecule has 7 heteroatoms. The van der Waals surface area contributed by atoms with Crippen molar-refractivity contribution in [3.63, 3.8) is 0 Å². The Morgan fingerprint density at radius 2 is 1.81 bits per heavy atom. The summed E-state index contributed by atoms with van der Waals surface area (Å²) >= 11 is 0. The van der Waals surface area contributed by atoms with E-state index in [4.69, 9.17) is 0 Å². The number of fused-ring (bicyclic) bond motifs is 3. The minimum absolute atomic E-state index is 0.204. The number of aromatic nitrogens is 5. The van der Waals surface area contributed by atoms with Crippen LogP contribution in [-0.2, 0) is 20.6 Å². The van der Waals surface area contributed by atoms with Gasteiger partial charge in [0.15, 0.2) is 11.2 Å². The number of allylic oxidation sites excluding steroid dienone is 1. The molecule has 4 rings (SSSR count). The zero-order chi connectivity index (χ0) is 18.4. The molecule has 7 nitrogen and oxygen atoms in total. The van der Waals surface area contributed by atoms with Crippen LogP contribution in [0, 0.1) is 6.92 Å². The summed E-state index contributed by atoms with van der Waals surface area (Å²) in [5.74, 6) is 0.641. The number of nitrogens with zero attached hydrogens (tertiary/aromatic N) is 5. The van der Waals surface area contributed by atoms with Gasteiger partial charge in [0.1, 0.15) is 0 Å². The van der Waals surface area contributed by atoms with Crippen molar-refractivity contribution in [3.8, 4) is 0 Å². The van der Waals surface area contributed by atoms with E-state index in [0.717, 1.165) is 11.3 Å². The first-order chi connectivity index (χ1) is 12.5. The van der Waals surface area contributed by atoms with E-state index in [2.05, 4.69) is 4.98 Å². The summed E-state index contributed by atoms with van der Waals surface area (Å²) in [5.41, 5.74) is 2.11. The Hall–Kier alpha value is -3.35. The summed E-state index contributed by atoms with van der Waals surface area (Å²) in [6, 6.07) is 9.76. The Bertz CT molecular complexity index is 1270. The van der Waals surface area contributed by atoms with Gasteiger partial charge in [0, 0.05) is 32.5 Å². The molecule has 0 atom stereocenters.